The molecule has 0 fully saturated rings. The van der Waals surface area contributed by atoms with E-state index in [1.165, 1.54) is 38.1 Å². The molecule has 0 aliphatic rings. The largest absolute Gasteiger partial charge is 0.310 e. The molecule has 2 aromatic heterocycles. The fourth-order valence-corrected chi connectivity index (χ4v) is 7.55. The van der Waals surface area contributed by atoms with Crippen LogP contribution in [0.5, 0.6) is 0 Å². The molecule has 9 rings (SSSR count). The Morgan fingerprint density at radius 3 is 1.65 bits per heavy atom. The third-order valence-electron chi connectivity index (χ3n) is 8.94. The number of hydrogen-bond donors (Lipinski definition) is 0. The molecule has 0 amide bonds. The van der Waals surface area contributed by atoms with Gasteiger partial charge in [-0.3, -0.25) is 0 Å². The monoisotopic (exact) mass is 653 g/mol. The maximum Gasteiger partial charge on any atom is 0.0561 e. The molecule has 0 saturated carbocycles. The maximum atomic E-state index is 3.84. The molecule has 3 nitrogen and oxygen atoms in total. The highest BCUT2D eigenvalue weighted by atomic mass is 79.9. The number of fused-ring (bicyclic) bond motifs is 6. The van der Waals surface area contributed by atoms with Crippen molar-refractivity contribution < 1.29 is 0 Å². The summed E-state index contributed by atoms with van der Waals surface area (Å²) in [5.74, 6) is 0. The Balaban J connectivity index is 1.33. The quantitative estimate of drug-likeness (QED) is 0.180. The van der Waals surface area contributed by atoms with E-state index >= 15 is 0 Å². The number of aromatic nitrogens is 2. The summed E-state index contributed by atoms with van der Waals surface area (Å²) < 4.78 is 5.91. The lowest BCUT2D eigenvalue weighted by Crippen LogP contribution is -2.09. The number of hydrogen-bond acceptors (Lipinski definition) is 1. The summed E-state index contributed by atoms with van der Waals surface area (Å²) in [7, 11) is 0. The van der Waals surface area contributed by atoms with Crippen molar-refractivity contribution in [3.05, 3.63) is 174 Å². The van der Waals surface area contributed by atoms with Crippen molar-refractivity contribution in [2.75, 3.05) is 4.90 Å². The minimum absolute atomic E-state index is 1.10. The molecule has 0 unspecified atom stereocenters. The molecular formula is C42H28BrN3. The molecular weight excluding hydrogens is 626 g/mol. The molecule has 0 N–H and O–H groups in total. The van der Waals surface area contributed by atoms with Crippen molar-refractivity contribution >= 4 is 76.6 Å². The van der Waals surface area contributed by atoms with Crippen LogP contribution >= 0.6 is 15.9 Å². The molecule has 2 heterocycles. The van der Waals surface area contributed by atoms with E-state index in [1.807, 2.05) is 0 Å². The zero-order valence-electron chi connectivity index (χ0n) is 24.9. The average Bonchev–Trinajstić information content (AvgIpc) is 3.62. The predicted octanol–water partition coefficient (Wildman–Crippen LogP) is 12.1. The molecule has 0 aliphatic heterocycles. The van der Waals surface area contributed by atoms with Crippen LogP contribution in [0.1, 0.15) is 0 Å². The van der Waals surface area contributed by atoms with E-state index in [0.29, 0.717) is 0 Å². The first kappa shape index (κ1) is 26.8. The van der Waals surface area contributed by atoms with E-state index < -0.39 is 0 Å². The van der Waals surface area contributed by atoms with E-state index in [0.717, 1.165) is 38.4 Å². The molecule has 46 heavy (non-hydrogen) atoms. The minimum atomic E-state index is 1.10. The first-order chi connectivity index (χ1) is 22.8. The molecule has 0 atom stereocenters. The van der Waals surface area contributed by atoms with Gasteiger partial charge < -0.3 is 14.0 Å². The van der Waals surface area contributed by atoms with Gasteiger partial charge in [-0.25, -0.2) is 0 Å². The summed E-state index contributed by atoms with van der Waals surface area (Å²) in [6.07, 6.45) is 0. The van der Waals surface area contributed by atoms with Gasteiger partial charge in [-0.05, 0) is 78.9 Å². The van der Waals surface area contributed by atoms with Gasteiger partial charge in [-0.1, -0.05) is 107 Å². The molecule has 218 valence electrons. The average molecular weight is 655 g/mol. The number of rotatable bonds is 5. The number of benzene rings is 7. The van der Waals surface area contributed by atoms with Crippen LogP contribution in [0.15, 0.2) is 174 Å². The molecule has 9 aromatic rings. The summed E-state index contributed by atoms with van der Waals surface area (Å²) in [6, 6.07) is 60.8. The third kappa shape index (κ3) is 4.18. The highest BCUT2D eigenvalue weighted by molar-refractivity contribution is 9.10. The van der Waals surface area contributed by atoms with Crippen molar-refractivity contribution in [1.82, 2.24) is 9.13 Å². The zero-order chi connectivity index (χ0) is 30.6. The van der Waals surface area contributed by atoms with Crippen LogP contribution in [0, 0.1) is 0 Å². The standard InChI is InChI=1S/C42H28BrN3/c43-37-20-12-22-39-42(37)36-19-10-11-21-38(36)46(39)33-24-26-35-34-25-23-32(27-40(34)45(41(35)28-33)31-17-8-3-9-18-31)44(29-13-4-1-5-14-29)30-15-6-2-7-16-30/h1-28H. The van der Waals surface area contributed by atoms with Gasteiger partial charge in [0, 0.05) is 54.5 Å². The minimum Gasteiger partial charge on any atom is -0.310 e. The number of para-hydroxylation sites is 4. The smallest absolute Gasteiger partial charge is 0.0561 e. The topological polar surface area (TPSA) is 13.1 Å². The Bertz CT molecular complexity index is 2490. The second kappa shape index (κ2) is 10.8. The lowest BCUT2D eigenvalue weighted by Gasteiger charge is -2.25. The van der Waals surface area contributed by atoms with Gasteiger partial charge in [-0.15, -0.1) is 0 Å². The van der Waals surface area contributed by atoms with Crippen LogP contribution in [0.4, 0.5) is 17.1 Å². The fraction of sp³-hybridized carbons (Fsp3) is 0. The normalized spacial score (nSPS) is 11.6. The molecule has 0 saturated heterocycles. The van der Waals surface area contributed by atoms with Crippen LogP contribution in [0.3, 0.4) is 0 Å². The first-order valence-electron chi connectivity index (χ1n) is 15.5. The maximum absolute atomic E-state index is 3.84. The second-order valence-electron chi connectivity index (χ2n) is 11.6. The van der Waals surface area contributed by atoms with Gasteiger partial charge in [0.05, 0.1) is 22.1 Å². The molecule has 7 aromatic carbocycles. The van der Waals surface area contributed by atoms with E-state index in [9.17, 15) is 0 Å². The number of halogens is 1. The van der Waals surface area contributed by atoms with Gasteiger partial charge in [-0.2, -0.15) is 0 Å². The Morgan fingerprint density at radius 1 is 0.370 bits per heavy atom. The van der Waals surface area contributed by atoms with Gasteiger partial charge in [0.15, 0.2) is 0 Å². The molecule has 0 radical (unpaired) electrons. The van der Waals surface area contributed by atoms with Crippen LogP contribution in [-0.4, -0.2) is 9.13 Å². The van der Waals surface area contributed by atoms with Gasteiger partial charge in [0.2, 0.25) is 0 Å². The molecule has 0 aliphatic carbocycles. The molecule has 4 heteroatoms. The highest BCUT2D eigenvalue weighted by Gasteiger charge is 2.19. The predicted molar refractivity (Wildman–Crippen MR) is 198 cm³/mol. The van der Waals surface area contributed by atoms with Crippen LogP contribution in [-0.2, 0) is 0 Å². The van der Waals surface area contributed by atoms with Crippen molar-refractivity contribution in [2.24, 2.45) is 0 Å². The zero-order valence-corrected chi connectivity index (χ0v) is 26.5. The Hall–Kier alpha value is -5.58. The SMILES string of the molecule is Brc1cccc2c1c1ccccc1n2-c1ccc2c3ccc(N(c4ccccc4)c4ccccc4)cc3n(-c3ccccc3)c2c1. The van der Waals surface area contributed by atoms with E-state index in [-0.39, 0.29) is 0 Å². The van der Waals surface area contributed by atoms with Crippen molar-refractivity contribution in [3.63, 3.8) is 0 Å². The Kier molecular flexibility index (Phi) is 6.29. The first-order valence-corrected chi connectivity index (χ1v) is 16.3. The van der Waals surface area contributed by atoms with Crippen LogP contribution < -0.4 is 4.90 Å². The van der Waals surface area contributed by atoms with Crippen LogP contribution in [0.2, 0.25) is 0 Å². The summed E-state index contributed by atoms with van der Waals surface area (Å²) in [5, 5.41) is 4.91. The summed E-state index contributed by atoms with van der Waals surface area (Å²) >= 11 is 3.84. The third-order valence-corrected chi connectivity index (χ3v) is 9.60. The van der Waals surface area contributed by atoms with E-state index in [4.69, 9.17) is 0 Å². The van der Waals surface area contributed by atoms with Crippen molar-refractivity contribution in [1.29, 1.82) is 0 Å². The molecule has 0 spiro atoms. The number of anilines is 3. The lowest BCUT2D eigenvalue weighted by atomic mass is 10.1. The summed E-state index contributed by atoms with van der Waals surface area (Å²) in [4.78, 5) is 2.33. The van der Waals surface area contributed by atoms with E-state index in [2.05, 4.69) is 200 Å². The van der Waals surface area contributed by atoms with Crippen molar-refractivity contribution in [2.45, 2.75) is 0 Å². The Morgan fingerprint density at radius 2 is 0.935 bits per heavy atom. The summed E-state index contributed by atoms with van der Waals surface area (Å²) in [5.41, 5.74) is 10.3. The van der Waals surface area contributed by atoms with Gasteiger partial charge in [0.25, 0.3) is 0 Å². The Labute approximate surface area is 275 Å². The van der Waals surface area contributed by atoms with Gasteiger partial charge >= 0.3 is 0 Å². The van der Waals surface area contributed by atoms with Crippen molar-refractivity contribution in [3.8, 4) is 11.4 Å². The van der Waals surface area contributed by atoms with Crippen LogP contribution in [0.25, 0.3) is 55.0 Å². The molecule has 0 bridgehead atoms. The van der Waals surface area contributed by atoms with Gasteiger partial charge in [0.1, 0.15) is 0 Å². The van der Waals surface area contributed by atoms with E-state index in [1.54, 1.807) is 0 Å². The summed E-state index contributed by atoms with van der Waals surface area (Å²) in [6.45, 7) is 0. The lowest BCUT2D eigenvalue weighted by molar-refractivity contribution is 1.15. The number of nitrogens with zero attached hydrogens (tertiary/aromatic N) is 3. The second-order valence-corrected chi connectivity index (χ2v) is 12.4. The highest BCUT2D eigenvalue weighted by Crippen LogP contribution is 2.41. The fourth-order valence-electron chi connectivity index (χ4n) is 6.98.